The van der Waals surface area contributed by atoms with Crippen molar-refractivity contribution in [2.75, 3.05) is 16.2 Å². The third kappa shape index (κ3) is 3.42. The van der Waals surface area contributed by atoms with Gasteiger partial charge in [-0.05, 0) is 23.8 Å². The standard InChI is InChI=1S/C24H20N2O3S/c1-2-17-26-21-16-10-9-15-20(21)22(18-11-5-3-6-12-18)23(30(26,28)29)24(27)25-19-13-7-4-8-14-19/h2-16H,1,17H2,(H,25,27). The predicted octanol–water partition coefficient (Wildman–Crippen LogP) is 4.42. The quantitative estimate of drug-likeness (QED) is 0.626. The minimum atomic E-state index is -4.13. The van der Waals surface area contributed by atoms with Crippen molar-refractivity contribution in [2.45, 2.75) is 0 Å². The number of carbonyl (C=O) groups excluding carboxylic acids is 1. The molecule has 30 heavy (non-hydrogen) atoms. The molecule has 0 spiro atoms. The van der Waals surface area contributed by atoms with E-state index in [2.05, 4.69) is 11.9 Å². The second kappa shape index (κ2) is 8.00. The first kappa shape index (κ1) is 19.7. The van der Waals surface area contributed by atoms with Gasteiger partial charge in [-0.1, -0.05) is 72.8 Å². The molecule has 1 N–H and O–H groups in total. The van der Waals surface area contributed by atoms with E-state index in [0.717, 1.165) is 0 Å². The van der Waals surface area contributed by atoms with Gasteiger partial charge in [0.15, 0.2) is 4.91 Å². The van der Waals surface area contributed by atoms with E-state index in [1.165, 1.54) is 10.4 Å². The van der Waals surface area contributed by atoms with Crippen LogP contribution in [0.4, 0.5) is 11.4 Å². The zero-order valence-electron chi connectivity index (χ0n) is 16.2. The lowest BCUT2D eigenvalue weighted by molar-refractivity contribution is -0.112. The fourth-order valence-corrected chi connectivity index (χ4v) is 5.25. The van der Waals surface area contributed by atoms with Gasteiger partial charge in [0.05, 0.1) is 12.2 Å². The van der Waals surface area contributed by atoms with Gasteiger partial charge in [0, 0.05) is 16.8 Å². The minimum Gasteiger partial charge on any atom is -0.321 e. The minimum absolute atomic E-state index is 0.0591. The lowest BCUT2D eigenvalue weighted by Gasteiger charge is -2.32. The van der Waals surface area contributed by atoms with Crippen LogP contribution in [0.1, 0.15) is 11.1 Å². The molecule has 0 radical (unpaired) electrons. The number of sulfonamides is 1. The number of nitrogens with one attached hydrogen (secondary N) is 1. The molecule has 0 atom stereocenters. The van der Waals surface area contributed by atoms with E-state index in [1.54, 1.807) is 48.5 Å². The van der Waals surface area contributed by atoms with Crippen molar-refractivity contribution in [3.63, 3.8) is 0 Å². The lowest BCUT2D eigenvalue weighted by atomic mass is 9.95. The molecule has 3 aromatic carbocycles. The molecule has 6 heteroatoms. The van der Waals surface area contributed by atoms with Crippen LogP contribution in [0.15, 0.2) is 102 Å². The summed E-state index contributed by atoms with van der Waals surface area (Å²) in [5.41, 5.74) is 2.77. The number of para-hydroxylation sites is 2. The number of amides is 1. The summed E-state index contributed by atoms with van der Waals surface area (Å²) in [6, 6.07) is 25.1. The molecule has 1 aliphatic rings. The third-order valence-corrected chi connectivity index (χ3v) is 6.64. The fourth-order valence-electron chi connectivity index (χ4n) is 3.54. The van der Waals surface area contributed by atoms with Crippen LogP contribution in [0.2, 0.25) is 0 Å². The molecule has 1 heterocycles. The average molecular weight is 417 g/mol. The van der Waals surface area contributed by atoms with Crippen molar-refractivity contribution >= 4 is 32.9 Å². The highest BCUT2D eigenvalue weighted by atomic mass is 32.2. The monoisotopic (exact) mass is 416 g/mol. The molecule has 0 fully saturated rings. The van der Waals surface area contributed by atoms with E-state index >= 15 is 0 Å². The van der Waals surface area contributed by atoms with E-state index in [-0.39, 0.29) is 11.4 Å². The molecule has 0 saturated carbocycles. The molecule has 5 nitrogen and oxygen atoms in total. The van der Waals surface area contributed by atoms with Crippen LogP contribution in [0, 0.1) is 0 Å². The van der Waals surface area contributed by atoms with Crippen molar-refractivity contribution in [1.82, 2.24) is 0 Å². The van der Waals surface area contributed by atoms with Gasteiger partial charge in [-0.3, -0.25) is 9.10 Å². The molecular weight excluding hydrogens is 396 g/mol. The van der Waals surface area contributed by atoms with Gasteiger partial charge >= 0.3 is 0 Å². The Kier molecular flexibility index (Phi) is 5.25. The molecule has 4 rings (SSSR count). The Bertz CT molecular complexity index is 1230. The van der Waals surface area contributed by atoms with Gasteiger partial charge in [0.2, 0.25) is 0 Å². The molecular formula is C24H20N2O3S. The lowest BCUT2D eigenvalue weighted by Crippen LogP contribution is -2.39. The Morgan fingerprint density at radius 3 is 2.17 bits per heavy atom. The van der Waals surface area contributed by atoms with Crippen LogP contribution in [-0.4, -0.2) is 20.9 Å². The summed E-state index contributed by atoms with van der Waals surface area (Å²) in [6.07, 6.45) is 1.51. The first-order valence-electron chi connectivity index (χ1n) is 9.43. The van der Waals surface area contributed by atoms with Crippen molar-refractivity contribution in [3.8, 4) is 0 Å². The van der Waals surface area contributed by atoms with Gasteiger partial charge in [0.25, 0.3) is 15.9 Å². The summed E-state index contributed by atoms with van der Waals surface area (Å²) in [5.74, 6) is -0.677. The average Bonchev–Trinajstić information content (AvgIpc) is 2.76. The fraction of sp³-hybridized carbons (Fsp3) is 0.0417. The van der Waals surface area contributed by atoms with Crippen molar-refractivity contribution in [1.29, 1.82) is 0 Å². The van der Waals surface area contributed by atoms with Gasteiger partial charge in [-0.15, -0.1) is 6.58 Å². The van der Waals surface area contributed by atoms with Crippen LogP contribution in [0.5, 0.6) is 0 Å². The number of rotatable bonds is 5. The molecule has 150 valence electrons. The number of hydrogen-bond donors (Lipinski definition) is 1. The van der Waals surface area contributed by atoms with Gasteiger partial charge in [0.1, 0.15) is 0 Å². The number of nitrogens with zero attached hydrogens (tertiary/aromatic N) is 1. The maximum absolute atomic E-state index is 13.6. The Balaban J connectivity index is 2.00. The van der Waals surface area contributed by atoms with Crippen LogP contribution < -0.4 is 9.62 Å². The highest BCUT2D eigenvalue weighted by molar-refractivity contribution is 7.97. The van der Waals surface area contributed by atoms with Crippen LogP contribution in [0.25, 0.3) is 5.57 Å². The van der Waals surface area contributed by atoms with Crippen molar-refractivity contribution in [3.05, 3.63) is 114 Å². The largest absolute Gasteiger partial charge is 0.321 e. The maximum atomic E-state index is 13.6. The summed E-state index contributed by atoms with van der Waals surface area (Å²) < 4.78 is 28.5. The maximum Gasteiger partial charge on any atom is 0.270 e. The van der Waals surface area contributed by atoms with E-state index < -0.39 is 15.9 Å². The molecule has 0 bridgehead atoms. The highest BCUT2D eigenvalue weighted by Crippen LogP contribution is 2.42. The number of benzene rings is 3. The Labute approximate surface area is 176 Å². The molecule has 0 saturated heterocycles. The number of hydrogen-bond acceptors (Lipinski definition) is 3. The summed E-state index contributed by atoms with van der Waals surface area (Å²) in [4.78, 5) is 13.0. The molecule has 0 aromatic heterocycles. The molecule has 1 aliphatic heterocycles. The van der Waals surface area contributed by atoms with Crippen LogP contribution >= 0.6 is 0 Å². The molecule has 3 aromatic rings. The first-order valence-corrected chi connectivity index (χ1v) is 10.9. The van der Waals surface area contributed by atoms with Crippen molar-refractivity contribution in [2.24, 2.45) is 0 Å². The zero-order valence-corrected chi connectivity index (χ0v) is 17.0. The molecule has 1 amide bonds. The third-order valence-electron chi connectivity index (χ3n) is 4.81. The summed E-state index contributed by atoms with van der Waals surface area (Å²) in [7, 11) is -4.13. The predicted molar refractivity (Wildman–Crippen MR) is 120 cm³/mol. The van der Waals surface area contributed by atoms with E-state index in [1.807, 2.05) is 36.4 Å². The second-order valence-electron chi connectivity index (χ2n) is 6.73. The summed E-state index contributed by atoms with van der Waals surface area (Å²) in [6.45, 7) is 3.74. The highest BCUT2D eigenvalue weighted by Gasteiger charge is 2.40. The van der Waals surface area contributed by atoms with Gasteiger partial charge in [-0.25, -0.2) is 8.42 Å². The second-order valence-corrected chi connectivity index (χ2v) is 8.53. The van der Waals surface area contributed by atoms with Gasteiger partial charge < -0.3 is 5.32 Å². The van der Waals surface area contributed by atoms with Crippen molar-refractivity contribution < 1.29 is 13.2 Å². The summed E-state index contributed by atoms with van der Waals surface area (Å²) in [5, 5.41) is 2.73. The number of carbonyl (C=O) groups is 1. The van der Waals surface area contributed by atoms with Gasteiger partial charge in [-0.2, -0.15) is 0 Å². The Hall–Kier alpha value is -3.64. The topological polar surface area (TPSA) is 66.5 Å². The number of fused-ring (bicyclic) bond motifs is 1. The Morgan fingerprint density at radius 1 is 0.900 bits per heavy atom. The van der Waals surface area contributed by atoms with E-state index in [9.17, 15) is 13.2 Å². The van der Waals surface area contributed by atoms with E-state index in [0.29, 0.717) is 28.1 Å². The number of anilines is 2. The smallest absolute Gasteiger partial charge is 0.270 e. The normalized spacial score (nSPS) is 14.7. The summed E-state index contributed by atoms with van der Waals surface area (Å²) >= 11 is 0. The van der Waals surface area contributed by atoms with E-state index in [4.69, 9.17) is 0 Å². The SMILES string of the molecule is C=CCN1c2ccccc2C(c2ccccc2)=C(C(=O)Nc2ccccc2)S1(=O)=O. The first-order chi connectivity index (χ1) is 14.5. The van der Waals surface area contributed by atoms with Crippen LogP contribution in [-0.2, 0) is 14.8 Å². The molecule has 0 aliphatic carbocycles. The zero-order chi connectivity index (χ0) is 21.1. The Morgan fingerprint density at radius 2 is 1.50 bits per heavy atom. The van der Waals surface area contributed by atoms with Crippen LogP contribution in [0.3, 0.4) is 0 Å². The molecule has 0 unspecified atom stereocenters.